The number of aliphatic hydroxyl groups is 1. The number of nitrogens with one attached hydrogen (secondary N) is 3. The molecule has 1 aliphatic heterocycles. The second kappa shape index (κ2) is 19.5. The van der Waals surface area contributed by atoms with Crippen molar-refractivity contribution in [3.05, 3.63) is 106 Å². The summed E-state index contributed by atoms with van der Waals surface area (Å²) >= 11 is 1.52. The minimum Gasteiger partial charge on any atom is -0.465 e. The third kappa shape index (κ3) is 11.3. The van der Waals surface area contributed by atoms with Gasteiger partial charge in [-0.1, -0.05) is 88.4 Å². The van der Waals surface area contributed by atoms with Gasteiger partial charge in [0.25, 0.3) is 5.91 Å². The predicted octanol–water partition coefficient (Wildman–Crippen LogP) is 4.69. The van der Waals surface area contributed by atoms with Crippen molar-refractivity contribution in [3.63, 3.8) is 0 Å². The molecule has 5 N–H and O–H groups in total. The molecule has 0 saturated carbocycles. The van der Waals surface area contributed by atoms with Crippen LogP contribution in [0.15, 0.2) is 84.4 Å². The highest BCUT2D eigenvalue weighted by molar-refractivity contribution is 7.09. The Labute approximate surface area is 331 Å². The first kappa shape index (κ1) is 41.8. The summed E-state index contributed by atoms with van der Waals surface area (Å²) in [7, 11) is 0. The van der Waals surface area contributed by atoms with Crippen LogP contribution in [0.3, 0.4) is 0 Å². The number of carbonyl (C=O) groups is 4. The zero-order chi connectivity index (χ0) is 40.4. The summed E-state index contributed by atoms with van der Waals surface area (Å²) in [5.74, 6) is -1.60. The maximum atomic E-state index is 14.3. The molecule has 0 spiro atoms. The predicted molar refractivity (Wildman–Crippen MR) is 214 cm³/mol. The van der Waals surface area contributed by atoms with Gasteiger partial charge < -0.3 is 30.6 Å². The van der Waals surface area contributed by atoms with Gasteiger partial charge in [-0.25, -0.2) is 19.6 Å². The molecule has 1 saturated heterocycles. The molecule has 4 atom stereocenters. The summed E-state index contributed by atoms with van der Waals surface area (Å²) in [5.41, 5.74) is 7.02. The molecule has 2 aromatic heterocycles. The summed E-state index contributed by atoms with van der Waals surface area (Å²) < 4.78 is 0. The molecule has 15 heteroatoms. The van der Waals surface area contributed by atoms with E-state index in [0.29, 0.717) is 19.6 Å². The molecule has 56 heavy (non-hydrogen) atoms. The molecule has 0 unspecified atom stereocenters. The van der Waals surface area contributed by atoms with E-state index in [2.05, 4.69) is 26.0 Å². The van der Waals surface area contributed by atoms with Crippen LogP contribution in [0.1, 0.15) is 49.5 Å². The first-order chi connectivity index (χ1) is 26.8. The molecule has 1 fully saturated rings. The Hall–Kier alpha value is -5.38. The van der Waals surface area contributed by atoms with E-state index in [0.717, 1.165) is 33.1 Å². The van der Waals surface area contributed by atoms with E-state index in [-0.39, 0.29) is 37.4 Å². The summed E-state index contributed by atoms with van der Waals surface area (Å²) in [4.78, 5) is 65.3. The molecule has 298 valence electrons. The van der Waals surface area contributed by atoms with Crippen LogP contribution < -0.4 is 16.1 Å². The average Bonchev–Trinajstić information content (AvgIpc) is 3.74. The number of aromatic nitrogens is 2. The highest BCUT2D eigenvalue weighted by atomic mass is 32.1. The van der Waals surface area contributed by atoms with Gasteiger partial charge in [0, 0.05) is 43.3 Å². The molecule has 5 rings (SSSR count). The first-order valence-electron chi connectivity index (χ1n) is 18.8. The van der Waals surface area contributed by atoms with Crippen molar-refractivity contribution in [2.75, 3.05) is 19.6 Å². The number of rotatable bonds is 18. The number of aliphatic hydroxyl groups excluding tert-OH is 1. The van der Waals surface area contributed by atoms with E-state index >= 15 is 0 Å². The van der Waals surface area contributed by atoms with Crippen molar-refractivity contribution in [3.8, 4) is 11.3 Å². The number of carbonyl (C=O) groups excluding carboxylic acids is 3. The van der Waals surface area contributed by atoms with Gasteiger partial charge in [-0.15, -0.1) is 11.3 Å². The summed E-state index contributed by atoms with van der Waals surface area (Å²) in [6.45, 7) is 10.4. The average molecular weight is 785 g/mol. The van der Waals surface area contributed by atoms with Gasteiger partial charge >= 0.3 is 12.1 Å². The van der Waals surface area contributed by atoms with Crippen molar-refractivity contribution in [1.29, 1.82) is 0 Å². The number of carboxylic acid groups (broad SMARTS) is 1. The van der Waals surface area contributed by atoms with Crippen molar-refractivity contribution < 1.29 is 29.4 Å². The fraction of sp³-hybridized carbons (Fsp3) is 0.415. The van der Waals surface area contributed by atoms with Crippen LogP contribution in [-0.4, -0.2) is 103 Å². The number of nitrogens with zero attached hydrogens (tertiary/aromatic N) is 5. The lowest BCUT2D eigenvalue weighted by Gasteiger charge is -2.34. The van der Waals surface area contributed by atoms with E-state index in [1.165, 1.54) is 16.3 Å². The van der Waals surface area contributed by atoms with Crippen LogP contribution in [0.25, 0.3) is 11.3 Å². The topological polar surface area (TPSA) is 180 Å². The molecule has 0 radical (unpaired) electrons. The monoisotopic (exact) mass is 784 g/mol. The number of hydrogen-bond donors (Lipinski definition) is 5. The molecular formula is C41H52N8O6S. The molecule has 14 nitrogen and oxygen atoms in total. The second-order valence-corrected chi connectivity index (χ2v) is 15.8. The largest absolute Gasteiger partial charge is 0.465 e. The number of aryl methyl sites for hydroxylation is 1. The second-order valence-electron chi connectivity index (χ2n) is 14.8. The Morgan fingerprint density at radius 1 is 0.893 bits per heavy atom. The molecule has 2 aromatic carbocycles. The Morgan fingerprint density at radius 2 is 1.61 bits per heavy atom. The van der Waals surface area contributed by atoms with Crippen LogP contribution in [-0.2, 0) is 29.1 Å². The maximum Gasteiger partial charge on any atom is 0.405 e. The smallest absolute Gasteiger partial charge is 0.405 e. The number of pyridine rings is 1. The minimum atomic E-state index is -1.33. The molecule has 0 aliphatic carbocycles. The number of hydrogen-bond acceptors (Lipinski definition) is 9. The lowest BCUT2D eigenvalue weighted by atomic mass is 9.97. The molecule has 1 aliphatic rings. The quantitative estimate of drug-likeness (QED) is 0.0896. The Morgan fingerprint density at radius 3 is 2.21 bits per heavy atom. The van der Waals surface area contributed by atoms with E-state index in [1.54, 1.807) is 29.8 Å². The van der Waals surface area contributed by atoms with Crippen molar-refractivity contribution >= 4 is 35.3 Å². The zero-order valence-electron chi connectivity index (χ0n) is 32.5. The number of urea groups is 1. The Balaban J connectivity index is 1.38. The lowest BCUT2D eigenvalue weighted by molar-refractivity contribution is -0.131. The highest BCUT2D eigenvalue weighted by Crippen LogP contribution is 2.23. The molecule has 3 heterocycles. The fourth-order valence-electron chi connectivity index (χ4n) is 6.84. The maximum absolute atomic E-state index is 14.3. The van der Waals surface area contributed by atoms with Crippen molar-refractivity contribution in [2.24, 2.45) is 11.8 Å². The minimum absolute atomic E-state index is 0.126. The normalized spacial score (nSPS) is 15.2. The summed E-state index contributed by atoms with van der Waals surface area (Å²) in [6.07, 6.45) is -0.575. The van der Waals surface area contributed by atoms with Gasteiger partial charge in [0.2, 0.25) is 5.91 Å². The van der Waals surface area contributed by atoms with E-state index < -0.39 is 42.1 Å². The van der Waals surface area contributed by atoms with Gasteiger partial charge in [0.15, 0.2) is 0 Å². The third-order valence-corrected chi connectivity index (χ3v) is 10.5. The zero-order valence-corrected chi connectivity index (χ0v) is 33.3. The highest BCUT2D eigenvalue weighted by Gasteiger charge is 2.40. The van der Waals surface area contributed by atoms with Gasteiger partial charge in [0.05, 0.1) is 35.1 Å². The first-order valence-corrected chi connectivity index (χ1v) is 19.7. The number of hydrazine groups is 1. The Kier molecular flexibility index (Phi) is 14.5. The van der Waals surface area contributed by atoms with E-state index in [1.807, 2.05) is 98.9 Å². The third-order valence-electron chi connectivity index (χ3n) is 9.66. The molecule has 5 amide bonds. The molecule has 4 aromatic rings. The van der Waals surface area contributed by atoms with Crippen LogP contribution in [0.2, 0.25) is 0 Å². The van der Waals surface area contributed by atoms with Crippen LogP contribution in [0, 0.1) is 18.8 Å². The van der Waals surface area contributed by atoms with Crippen LogP contribution >= 0.6 is 11.3 Å². The van der Waals surface area contributed by atoms with Crippen LogP contribution in [0.4, 0.5) is 9.59 Å². The summed E-state index contributed by atoms with van der Waals surface area (Å²) in [6, 6.07) is 19.8. The number of amides is 5. The van der Waals surface area contributed by atoms with Gasteiger partial charge in [0.1, 0.15) is 12.1 Å². The SMILES string of the molecule is Cc1nc(CN2CCN([C@H](C(=O)N[C@@H](Cc3ccccc3)[C@@H](O)CN(Cc3ccc(-c4ccccn4)cc3)NC(=O)[C@@H](NC(=O)O)C(C)C)C(C)C)C2=O)cs1. The number of thiazole rings is 1. The van der Waals surface area contributed by atoms with Gasteiger partial charge in [-0.3, -0.25) is 20.0 Å². The fourth-order valence-corrected chi connectivity index (χ4v) is 7.44. The number of benzene rings is 2. The lowest BCUT2D eigenvalue weighted by Crippen LogP contribution is -2.59. The van der Waals surface area contributed by atoms with Gasteiger partial charge in [-0.05, 0) is 48.4 Å². The Bertz CT molecular complexity index is 1910. The molecular weight excluding hydrogens is 733 g/mol. The standard InChI is InChI=1S/C41H52N8O6S/c1-26(2)36(45-40(53)54)38(51)46-48(22-30-14-16-31(17-15-30)33-13-9-10-18-42-33)24-35(50)34(21-29-11-7-6-8-12-29)44-39(52)37(27(3)4)49-20-19-47(41(49)55)23-32-25-56-28(5)43-32/h6-18,25-27,34-37,45,50H,19-24H2,1-5H3,(H,44,52)(H,46,51)(H,53,54)/t34-,35-,36-,37-/m0/s1. The van der Waals surface area contributed by atoms with Gasteiger partial charge in [-0.2, -0.15) is 0 Å². The summed E-state index contributed by atoms with van der Waals surface area (Å²) in [5, 5.41) is 31.2. The molecule has 0 bridgehead atoms. The van der Waals surface area contributed by atoms with Crippen molar-refractivity contribution in [2.45, 2.75) is 78.4 Å². The van der Waals surface area contributed by atoms with Crippen molar-refractivity contribution in [1.82, 2.24) is 40.8 Å². The van der Waals surface area contributed by atoms with E-state index in [9.17, 15) is 29.4 Å². The van der Waals surface area contributed by atoms with Crippen LogP contribution in [0.5, 0.6) is 0 Å². The van der Waals surface area contributed by atoms with E-state index in [4.69, 9.17) is 0 Å².